The van der Waals surface area contributed by atoms with Gasteiger partial charge in [-0.15, -0.1) is 10.2 Å². The molecule has 3 rings (SSSR count). The average Bonchev–Trinajstić information content (AvgIpc) is 2.56. The van der Waals surface area contributed by atoms with Gasteiger partial charge in [-0.25, -0.2) is 0 Å². The van der Waals surface area contributed by atoms with E-state index in [1.54, 1.807) is 6.07 Å². The van der Waals surface area contributed by atoms with E-state index in [2.05, 4.69) is 27.3 Å². The Kier molecular flexibility index (Phi) is 4.87. The summed E-state index contributed by atoms with van der Waals surface area (Å²) in [4.78, 5) is 14.5. The number of ether oxygens (including phenoxy) is 1. The molecule has 22 heavy (non-hydrogen) atoms. The van der Waals surface area contributed by atoms with E-state index < -0.39 is 0 Å². The van der Waals surface area contributed by atoms with Gasteiger partial charge in [-0.3, -0.25) is 4.79 Å². The molecule has 0 aliphatic carbocycles. The molecule has 1 amide bonds. The van der Waals surface area contributed by atoms with Crippen LogP contribution in [0.3, 0.4) is 0 Å². The highest BCUT2D eigenvalue weighted by Gasteiger charge is 2.21. The summed E-state index contributed by atoms with van der Waals surface area (Å²) in [6.07, 6.45) is 5.38. The van der Waals surface area contributed by atoms with E-state index in [-0.39, 0.29) is 11.9 Å². The zero-order valence-electron chi connectivity index (χ0n) is 13.1. The van der Waals surface area contributed by atoms with Crippen molar-refractivity contribution in [3.8, 4) is 0 Å². The second kappa shape index (κ2) is 7.05. The van der Waals surface area contributed by atoms with Crippen LogP contribution in [0.25, 0.3) is 0 Å². The normalized spacial score (nSPS) is 23.3. The number of piperidine rings is 1. The summed E-state index contributed by atoms with van der Waals surface area (Å²) in [5.41, 5.74) is 0.389. The molecule has 2 aliphatic rings. The predicted octanol–water partition coefficient (Wildman–Crippen LogP) is 1.76. The first kappa shape index (κ1) is 15.2. The Hall–Kier alpha value is -1.69. The molecule has 0 aromatic carbocycles. The van der Waals surface area contributed by atoms with Gasteiger partial charge in [-0.2, -0.15) is 0 Å². The summed E-state index contributed by atoms with van der Waals surface area (Å²) in [6, 6.07) is 4.36. The fraction of sp³-hybridized carbons (Fsp3) is 0.688. The fourth-order valence-electron chi connectivity index (χ4n) is 3.14. The van der Waals surface area contributed by atoms with Gasteiger partial charge < -0.3 is 15.0 Å². The lowest BCUT2D eigenvalue weighted by atomic mass is 10.0. The number of rotatable bonds is 3. The first-order valence-corrected chi connectivity index (χ1v) is 8.23. The van der Waals surface area contributed by atoms with Crippen LogP contribution in [0.2, 0.25) is 0 Å². The number of hydrogen-bond acceptors (Lipinski definition) is 5. The zero-order chi connectivity index (χ0) is 15.4. The van der Waals surface area contributed by atoms with Crippen LogP contribution in [0.4, 0.5) is 5.82 Å². The van der Waals surface area contributed by atoms with Crippen LogP contribution < -0.4 is 10.2 Å². The Morgan fingerprint density at radius 3 is 2.73 bits per heavy atom. The minimum atomic E-state index is -0.141. The molecule has 2 aliphatic heterocycles. The largest absolute Gasteiger partial charge is 0.381 e. The Balaban J connectivity index is 1.61. The maximum atomic E-state index is 12.2. The van der Waals surface area contributed by atoms with Crippen molar-refractivity contribution in [1.29, 1.82) is 0 Å². The Labute approximate surface area is 131 Å². The molecule has 2 fully saturated rings. The van der Waals surface area contributed by atoms with Gasteiger partial charge in [0.2, 0.25) is 0 Å². The van der Waals surface area contributed by atoms with Crippen LogP contribution in [-0.4, -0.2) is 47.9 Å². The van der Waals surface area contributed by atoms with Crippen molar-refractivity contribution in [3.63, 3.8) is 0 Å². The van der Waals surface area contributed by atoms with Crippen molar-refractivity contribution in [2.45, 2.75) is 51.1 Å². The summed E-state index contributed by atoms with van der Waals surface area (Å²) >= 11 is 0. The van der Waals surface area contributed by atoms with Crippen LogP contribution in [0, 0.1) is 0 Å². The highest BCUT2D eigenvalue weighted by atomic mass is 16.5. The number of carbonyl (C=O) groups excluding carboxylic acids is 1. The van der Waals surface area contributed by atoms with Crippen molar-refractivity contribution in [2.24, 2.45) is 0 Å². The fourth-order valence-corrected chi connectivity index (χ4v) is 3.14. The maximum Gasteiger partial charge on any atom is 0.272 e. The molecule has 0 bridgehead atoms. The molecule has 120 valence electrons. The first-order chi connectivity index (χ1) is 10.7. The van der Waals surface area contributed by atoms with Gasteiger partial charge in [0.25, 0.3) is 5.91 Å². The molecule has 0 saturated carbocycles. The molecule has 1 aromatic rings. The Morgan fingerprint density at radius 2 is 2.05 bits per heavy atom. The third-order valence-corrected chi connectivity index (χ3v) is 4.54. The molecule has 1 atom stereocenters. The molecule has 6 nitrogen and oxygen atoms in total. The van der Waals surface area contributed by atoms with E-state index >= 15 is 0 Å². The van der Waals surface area contributed by atoms with Crippen molar-refractivity contribution >= 4 is 11.7 Å². The van der Waals surface area contributed by atoms with Crippen LogP contribution in [-0.2, 0) is 4.74 Å². The van der Waals surface area contributed by atoms with Crippen molar-refractivity contribution in [3.05, 3.63) is 17.8 Å². The van der Waals surface area contributed by atoms with E-state index in [1.165, 1.54) is 19.3 Å². The van der Waals surface area contributed by atoms with E-state index in [0.29, 0.717) is 24.9 Å². The number of amides is 1. The number of anilines is 1. The highest BCUT2D eigenvalue weighted by Crippen LogP contribution is 2.22. The van der Waals surface area contributed by atoms with E-state index in [0.717, 1.165) is 25.2 Å². The standard InChI is InChI=1S/C16H24N4O2/c1-12-4-2-3-9-20(12)15-6-5-14(18-19-15)16(21)17-13-7-10-22-11-8-13/h5-6,12-13H,2-4,7-11H2,1H3,(H,17,21). The molecular formula is C16H24N4O2. The number of hydrogen-bond donors (Lipinski definition) is 1. The van der Waals surface area contributed by atoms with Gasteiger partial charge >= 0.3 is 0 Å². The summed E-state index contributed by atoms with van der Waals surface area (Å²) in [5.74, 6) is 0.729. The lowest BCUT2D eigenvalue weighted by Crippen LogP contribution is -2.40. The number of carbonyl (C=O) groups is 1. The first-order valence-electron chi connectivity index (χ1n) is 8.23. The highest BCUT2D eigenvalue weighted by molar-refractivity contribution is 5.92. The summed E-state index contributed by atoms with van der Waals surface area (Å²) in [5, 5.41) is 11.4. The summed E-state index contributed by atoms with van der Waals surface area (Å²) in [7, 11) is 0. The third kappa shape index (κ3) is 3.55. The van der Waals surface area contributed by atoms with Gasteiger partial charge in [-0.05, 0) is 51.2 Å². The number of aromatic nitrogens is 2. The second-order valence-electron chi connectivity index (χ2n) is 6.18. The SMILES string of the molecule is CC1CCCCN1c1ccc(C(=O)NC2CCOCC2)nn1. The molecule has 1 unspecified atom stereocenters. The minimum Gasteiger partial charge on any atom is -0.381 e. The smallest absolute Gasteiger partial charge is 0.272 e. The van der Waals surface area contributed by atoms with Crippen molar-refractivity contribution in [1.82, 2.24) is 15.5 Å². The molecule has 1 N–H and O–H groups in total. The van der Waals surface area contributed by atoms with Gasteiger partial charge in [-0.1, -0.05) is 0 Å². The second-order valence-corrected chi connectivity index (χ2v) is 6.18. The zero-order valence-corrected chi connectivity index (χ0v) is 13.1. The summed E-state index contributed by atoms with van der Waals surface area (Å²) < 4.78 is 5.30. The lowest BCUT2D eigenvalue weighted by Gasteiger charge is -2.34. The molecule has 0 radical (unpaired) electrons. The number of nitrogens with zero attached hydrogens (tertiary/aromatic N) is 3. The lowest BCUT2D eigenvalue weighted by molar-refractivity contribution is 0.0693. The van der Waals surface area contributed by atoms with Crippen molar-refractivity contribution in [2.75, 3.05) is 24.7 Å². The monoisotopic (exact) mass is 304 g/mol. The van der Waals surface area contributed by atoms with E-state index in [9.17, 15) is 4.79 Å². The van der Waals surface area contributed by atoms with Gasteiger partial charge in [0.15, 0.2) is 11.5 Å². The average molecular weight is 304 g/mol. The maximum absolute atomic E-state index is 12.2. The molecule has 6 heteroatoms. The molecular weight excluding hydrogens is 280 g/mol. The molecule has 2 saturated heterocycles. The molecule has 3 heterocycles. The van der Waals surface area contributed by atoms with Crippen LogP contribution in [0.5, 0.6) is 0 Å². The Morgan fingerprint density at radius 1 is 1.23 bits per heavy atom. The molecule has 0 spiro atoms. The van der Waals surface area contributed by atoms with Crippen LogP contribution in [0.1, 0.15) is 49.5 Å². The third-order valence-electron chi connectivity index (χ3n) is 4.54. The van der Waals surface area contributed by atoms with Gasteiger partial charge in [0.1, 0.15) is 0 Å². The predicted molar refractivity (Wildman–Crippen MR) is 84.0 cm³/mol. The van der Waals surface area contributed by atoms with Crippen molar-refractivity contribution < 1.29 is 9.53 Å². The number of nitrogens with one attached hydrogen (secondary N) is 1. The summed E-state index contributed by atoms with van der Waals surface area (Å²) in [6.45, 7) is 4.65. The topological polar surface area (TPSA) is 67.4 Å². The van der Waals surface area contributed by atoms with E-state index in [1.807, 2.05) is 6.07 Å². The quantitative estimate of drug-likeness (QED) is 0.921. The van der Waals surface area contributed by atoms with Gasteiger partial charge in [0.05, 0.1) is 0 Å². The van der Waals surface area contributed by atoms with Gasteiger partial charge in [0, 0.05) is 31.8 Å². The van der Waals surface area contributed by atoms with E-state index in [4.69, 9.17) is 4.74 Å². The minimum absolute atomic E-state index is 0.141. The molecule has 1 aromatic heterocycles. The van der Waals surface area contributed by atoms with Crippen LogP contribution in [0.15, 0.2) is 12.1 Å². The van der Waals surface area contributed by atoms with Crippen LogP contribution >= 0.6 is 0 Å². The Bertz CT molecular complexity index is 499.